The molecule has 0 heterocycles. The summed E-state index contributed by atoms with van der Waals surface area (Å²) in [6.45, 7) is 0. The summed E-state index contributed by atoms with van der Waals surface area (Å²) in [5.41, 5.74) is 6.25. The Morgan fingerprint density at radius 2 is 1.31 bits per heavy atom. The zero-order valence-electron chi connectivity index (χ0n) is 21.0. The molecule has 0 aromatic heterocycles. The molecule has 0 aliphatic heterocycles. The van der Waals surface area contributed by atoms with Crippen LogP contribution in [0.25, 0.3) is 6.08 Å². The van der Waals surface area contributed by atoms with E-state index in [0.717, 1.165) is 47.3 Å². The second kappa shape index (κ2) is 10.5. The second-order valence-corrected chi connectivity index (χ2v) is 11.5. The molecule has 182 valence electrons. The molecule has 5 heteroatoms. The highest BCUT2D eigenvalue weighted by Crippen LogP contribution is 2.41. The number of anilines is 2. The minimum absolute atomic E-state index is 0.359. The predicted molar refractivity (Wildman–Crippen MR) is 148 cm³/mol. The normalized spacial score (nSPS) is 16.0. The van der Waals surface area contributed by atoms with Crippen molar-refractivity contribution in [3.05, 3.63) is 107 Å². The highest BCUT2D eigenvalue weighted by molar-refractivity contribution is 7.92. The van der Waals surface area contributed by atoms with Crippen LogP contribution in [0.5, 0.6) is 0 Å². The van der Waals surface area contributed by atoms with Gasteiger partial charge in [-0.25, -0.2) is 8.42 Å². The first kappa shape index (κ1) is 24.8. The number of rotatable bonds is 7. The summed E-state index contributed by atoms with van der Waals surface area (Å²) >= 11 is 0. The van der Waals surface area contributed by atoms with E-state index in [-0.39, 0.29) is 0 Å². The minimum Gasteiger partial charge on any atom is -0.378 e. The molecule has 35 heavy (non-hydrogen) atoms. The van der Waals surface area contributed by atoms with Crippen LogP contribution in [0.1, 0.15) is 35.6 Å². The maximum Gasteiger partial charge on any atom is 0.189 e. The Kier molecular flexibility index (Phi) is 7.46. The van der Waals surface area contributed by atoms with Crippen LogP contribution in [-0.4, -0.2) is 36.6 Å². The van der Waals surface area contributed by atoms with E-state index in [9.17, 15) is 8.42 Å². The Morgan fingerprint density at radius 3 is 1.89 bits per heavy atom. The molecule has 0 fully saturated rings. The van der Waals surface area contributed by atoms with E-state index >= 15 is 0 Å². The Labute approximate surface area is 210 Å². The number of hydrogen-bond acceptors (Lipinski definition) is 4. The molecule has 0 saturated carbocycles. The largest absolute Gasteiger partial charge is 0.378 e. The fraction of sp³-hybridized carbons (Fsp3) is 0.267. The van der Waals surface area contributed by atoms with Crippen LogP contribution in [0, 0.1) is 0 Å². The van der Waals surface area contributed by atoms with Gasteiger partial charge in [-0.15, -0.1) is 0 Å². The van der Waals surface area contributed by atoms with Gasteiger partial charge < -0.3 is 9.80 Å². The highest BCUT2D eigenvalue weighted by atomic mass is 32.2. The SMILES string of the molecule is CN(C)c1ccc(C=C2C=C(C(c3ccc(N(C)C)cc3)S(=O)(=O)c3ccccc3)CCC2)cc1. The summed E-state index contributed by atoms with van der Waals surface area (Å²) in [7, 11) is 4.42. The molecule has 3 aromatic rings. The van der Waals surface area contributed by atoms with Crippen molar-refractivity contribution in [3.8, 4) is 0 Å². The number of allylic oxidation sites excluding steroid dienone is 2. The number of benzene rings is 3. The van der Waals surface area contributed by atoms with Crippen molar-refractivity contribution >= 4 is 27.3 Å². The standard InChI is InChI=1S/C30H34N2O2S/c1-31(2)27-17-13-23(14-18-27)21-24-9-8-10-26(22-24)30(25-15-19-28(20-16-25)32(3)4)35(33,34)29-11-6-5-7-12-29/h5-7,11-22,30H,8-10H2,1-4H3. The monoisotopic (exact) mass is 486 g/mol. The predicted octanol–water partition coefficient (Wildman–Crippen LogP) is 6.53. The van der Waals surface area contributed by atoms with Crippen molar-refractivity contribution in [2.45, 2.75) is 29.4 Å². The Hall–Kier alpha value is -3.31. The summed E-state index contributed by atoms with van der Waals surface area (Å²) in [5, 5.41) is -0.707. The maximum absolute atomic E-state index is 13.9. The summed E-state index contributed by atoms with van der Waals surface area (Å²) in [6, 6.07) is 25.2. The van der Waals surface area contributed by atoms with Crippen molar-refractivity contribution in [3.63, 3.8) is 0 Å². The van der Waals surface area contributed by atoms with E-state index in [4.69, 9.17) is 0 Å². The molecule has 0 bridgehead atoms. The van der Waals surface area contributed by atoms with Crippen LogP contribution >= 0.6 is 0 Å². The molecule has 0 amide bonds. The van der Waals surface area contributed by atoms with Crippen molar-refractivity contribution < 1.29 is 8.42 Å². The fourth-order valence-electron chi connectivity index (χ4n) is 4.57. The maximum atomic E-state index is 13.9. The molecule has 0 saturated heterocycles. The molecule has 3 aromatic carbocycles. The smallest absolute Gasteiger partial charge is 0.189 e. The van der Waals surface area contributed by atoms with Crippen molar-refractivity contribution in [1.29, 1.82) is 0 Å². The van der Waals surface area contributed by atoms with Crippen LogP contribution < -0.4 is 9.80 Å². The molecule has 1 aliphatic rings. The number of nitrogens with zero attached hydrogens (tertiary/aromatic N) is 2. The highest BCUT2D eigenvalue weighted by Gasteiger charge is 2.33. The third-order valence-electron chi connectivity index (χ3n) is 6.49. The topological polar surface area (TPSA) is 40.6 Å². The van der Waals surface area contributed by atoms with Gasteiger partial charge in [-0.2, -0.15) is 0 Å². The van der Waals surface area contributed by atoms with E-state index in [1.54, 1.807) is 24.3 Å². The van der Waals surface area contributed by atoms with Crippen LogP contribution in [-0.2, 0) is 9.84 Å². The fourth-order valence-corrected chi connectivity index (χ4v) is 6.48. The third kappa shape index (κ3) is 5.68. The Balaban J connectivity index is 1.76. The van der Waals surface area contributed by atoms with Crippen molar-refractivity contribution in [1.82, 2.24) is 0 Å². The molecular formula is C30H34N2O2S. The van der Waals surface area contributed by atoms with E-state index in [0.29, 0.717) is 4.90 Å². The average molecular weight is 487 g/mol. The molecule has 1 aliphatic carbocycles. The van der Waals surface area contributed by atoms with Gasteiger partial charge in [0.1, 0.15) is 5.25 Å². The molecule has 4 rings (SSSR count). The number of sulfone groups is 1. The van der Waals surface area contributed by atoms with Crippen molar-refractivity contribution in [2.24, 2.45) is 0 Å². The second-order valence-electron chi connectivity index (χ2n) is 9.50. The van der Waals surface area contributed by atoms with Gasteiger partial charge >= 0.3 is 0 Å². The molecule has 4 nitrogen and oxygen atoms in total. The van der Waals surface area contributed by atoms with Gasteiger partial charge in [0.25, 0.3) is 0 Å². The lowest BCUT2D eigenvalue weighted by Crippen LogP contribution is -2.18. The van der Waals surface area contributed by atoms with Gasteiger partial charge in [0.05, 0.1) is 4.90 Å². The number of hydrogen-bond donors (Lipinski definition) is 0. The molecular weight excluding hydrogens is 452 g/mol. The van der Waals surface area contributed by atoms with E-state index < -0.39 is 15.1 Å². The summed E-state index contributed by atoms with van der Waals surface area (Å²) in [5.74, 6) is 0. The van der Waals surface area contributed by atoms with Gasteiger partial charge in [0, 0.05) is 39.6 Å². The molecule has 0 radical (unpaired) electrons. The zero-order valence-corrected chi connectivity index (χ0v) is 21.8. The van der Waals surface area contributed by atoms with Gasteiger partial charge in [-0.05, 0) is 77.9 Å². The van der Waals surface area contributed by atoms with E-state index in [2.05, 4.69) is 41.3 Å². The van der Waals surface area contributed by atoms with Gasteiger partial charge in [0.2, 0.25) is 0 Å². The lowest BCUT2D eigenvalue weighted by Gasteiger charge is -2.26. The molecule has 0 spiro atoms. The summed E-state index contributed by atoms with van der Waals surface area (Å²) in [6.07, 6.45) is 6.94. The lowest BCUT2D eigenvalue weighted by atomic mass is 9.90. The minimum atomic E-state index is -3.61. The van der Waals surface area contributed by atoms with Gasteiger partial charge in [-0.1, -0.05) is 54.6 Å². The first-order chi connectivity index (χ1) is 16.8. The summed E-state index contributed by atoms with van der Waals surface area (Å²) < 4.78 is 27.9. The summed E-state index contributed by atoms with van der Waals surface area (Å²) in [4.78, 5) is 4.46. The van der Waals surface area contributed by atoms with Gasteiger partial charge in [0.15, 0.2) is 9.84 Å². The Morgan fingerprint density at radius 1 is 0.743 bits per heavy atom. The van der Waals surface area contributed by atoms with Gasteiger partial charge in [-0.3, -0.25) is 0 Å². The molecule has 1 unspecified atom stereocenters. The Bertz CT molecular complexity index is 1310. The van der Waals surface area contributed by atoms with E-state index in [1.807, 2.05) is 63.4 Å². The van der Waals surface area contributed by atoms with E-state index in [1.165, 1.54) is 5.57 Å². The first-order valence-corrected chi connectivity index (χ1v) is 13.5. The van der Waals surface area contributed by atoms with Crippen molar-refractivity contribution in [2.75, 3.05) is 38.0 Å². The van der Waals surface area contributed by atoms with Crippen LogP contribution in [0.15, 0.2) is 101 Å². The van der Waals surface area contributed by atoms with Crippen LogP contribution in [0.3, 0.4) is 0 Å². The molecule has 1 atom stereocenters. The van der Waals surface area contributed by atoms with Crippen LogP contribution in [0.4, 0.5) is 11.4 Å². The average Bonchev–Trinajstić information content (AvgIpc) is 2.85. The lowest BCUT2D eigenvalue weighted by molar-refractivity contribution is 0.584. The molecule has 0 N–H and O–H groups in total. The quantitative estimate of drug-likeness (QED) is 0.381. The first-order valence-electron chi connectivity index (χ1n) is 12.0. The third-order valence-corrected chi connectivity index (χ3v) is 8.62. The van der Waals surface area contributed by atoms with Crippen LogP contribution in [0.2, 0.25) is 0 Å². The zero-order chi connectivity index (χ0) is 25.0.